The third kappa shape index (κ3) is 2.60. The van der Waals surface area contributed by atoms with Gasteiger partial charge in [0.1, 0.15) is 5.82 Å². The lowest BCUT2D eigenvalue weighted by atomic mass is 10.1. The van der Waals surface area contributed by atoms with Crippen molar-refractivity contribution in [3.05, 3.63) is 53.1 Å². The number of primary amides is 1. The van der Waals surface area contributed by atoms with Crippen LogP contribution >= 0.6 is 11.6 Å². The summed E-state index contributed by atoms with van der Waals surface area (Å²) in [6.07, 6.45) is 2.87. The van der Waals surface area contributed by atoms with Crippen LogP contribution in [0.1, 0.15) is 10.4 Å². The van der Waals surface area contributed by atoms with Crippen LogP contribution < -0.4 is 5.73 Å². The highest BCUT2D eigenvalue weighted by Crippen LogP contribution is 2.24. The first-order valence-corrected chi connectivity index (χ1v) is 5.15. The highest BCUT2D eigenvalue weighted by molar-refractivity contribution is 6.30. The number of carbonyl (C=O) groups excluding carboxylic acids is 1. The van der Waals surface area contributed by atoms with Gasteiger partial charge in [0.25, 0.3) is 0 Å². The zero-order valence-corrected chi connectivity index (χ0v) is 9.41. The minimum Gasteiger partial charge on any atom is -0.366 e. The smallest absolute Gasteiger partial charge is 0.250 e. The molecule has 1 aromatic heterocycles. The molecule has 1 aromatic carbocycles. The van der Waals surface area contributed by atoms with Gasteiger partial charge in [-0.15, -0.1) is 0 Å². The molecule has 5 heteroatoms. The van der Waals surface area contributed by atoms with Crippen LogP contribution in [-0.2, 0) is 0 Å². The summed E-state index contributed by atoms with van der Waals surface area (Å²) in [5, 5.41) is 0.282. The van der Waals surface area contributed by atoms with Crippen molar-refractivity contribution >= 4 is 17.5 Å². The fraction of sp³-hybridized carbons (Fsp3) is 0. The van der Waals surface area contributed by atoms with Gasteiger partial charge in [0.05, 0.1) is 5.56 Å². The van der Waals surface area contributed by atoms with E-state index in [0.29, 0.717) is 11.1 Å². The number of nitrogens with two attached hydrogens (primary N) is 1. The molecule has 1 heterocycles. The van der Waals surface area contributed by atoms with Gasteiger partial charge in [-0.25, -0.2) is 4.39 Å². The predicted octanol–water partition coefficient (Wildman–Crippen LogP) is 2.64. The molecule has 2 rings (SSSR count). The molecular weight excluding hydrogens is 243 g/mol. The highest BCUT2D eigenvalue weighted by Gasteiger charge is 2.06. The van der Waals surface area contributed by atoms with E-state index in [1.165, 1.54) is 24.5 Å². The summed E-state index contributed by atoms with van der Waals surface area (Å²) in [6.45, 7) is 0. The number of rotatable bonds is 2. The van der Waals surface area contributed by atoms with Gasteiger partial charge in [0.2, 0.25) is 5.91 Å². The average molecular weight is 251 g/mol. The van der Waals surface area contributed by atoms with Crippen molar-refractivity contribution in [2.24, 2.45) is 5.73 Å². The highest BCUT2D eigenvalue weighted by atomic mass is 35.5. The lowest BCUT2D eigenvalue weighted by Gasteiger charge is -2.03. The van der Waals surface area contributed by atoms with Crippen molar-refractivity contribution < 1.29 is 9.18 Å². The summed E-state index contributed by atoms with van der Waals surface area (Å²) < 4.78 is 13.2. The lowest BCUT2D eigenvalue weighted by molar-refractivity contribution is 0.1000. The molecule has 0 bridgehead atoms. The average Bonchev–Trinajstić information content (AvgIpc) is 2.28. The minimum atomic E-state index is -0.582. The first-order chi connectivity index (χ1) is 8.06. The molecule has 17 heavy (non-hydrogen) atoms. The fourth-order valence-corrected chi connectivity index (χ4v) is 1.67. The molecule has 0 saturated carbocycles. The molecule has 0 saturated heterocycles. The van der Waals surface area contributed by atoms with E-state index in [-0.39, 0.29) is 10.6 Å². The number of hydrogen-bond acceptors (Lipinski definition) is 2. The first kappa shape index (κ1) is 11.5. The van der Waals surface area contributed by atoms with Crippen molar-refractivity contribution in [3.63, 3.8) is 0 Å². The van der Waals surface area contributed by atoms with E-state index >= 15 is 0 Å². The molecule has 2 aromatic rings. The van der Waals surface area contributed by atoms with Crippen LogP contribution in [0.3, 0.4) is 0 Å². The Labute approximate surface area is 102 Å². The second-order valence-electron chi connectivity index (χ2n) is 3.48. The maximum absolute atomic E-state index is 13.2. The Morgan fingerprint density at radius 2 is 1.94 bits per heavy atom. The van der Waals surface area contributed by atoms with Crippen molar-refractivity contribution in [1.82, 2.24) is 4.98 Å². The van der Waals surface area contributed by atoms with Crippen LogP contribution in [0.2, 0.25) is 5.02 Å². The van der Waals surface area contributed by atoms with Gasteiger partial charge in [-0.3, -0.25) is 9.78 Å². The number of nitrogens with zero attached hydrogens (tertiary/aromatic N) is 1. The summed E-state index contributed by atoms with van der Waals surface area (Å²) in [4.78, 5) is 14.9. The number of hydrogen-bond donors (Lipinski definition) is 1. The Morgan fingerprint density at radius 1 is 1.18 bits per heavy atom. The Kier molecular flexibility index (Phi) is 3.06. The van der Waals surface area contributed by atoms with Crippen LogP contribution in [0.25, 0.3) is 11.1 Å². The second-order valence-corrected chi connectivity index (χ2v) is 3.92. The summed E-state index contributed by atoms with van der Waals surface area (Å²) >= 11 is 5.75. The molecule has 0 radical (unpaired) electrons. The molecule has 86 valence electrons. The van der Waals surface area contributed by atoms with E-state index in [4.69, 9.17) is 17.3 Å². The molecule has 1 amide bonds. The van der Waals surface area contributed by atoms with E-state index in [2.05, 4.69) is 4.98 Å². The van der Waals surface area contributed by atoms with Crippen LogP contribution in [-0.4, -0.2) is 10.9 Å². The number of benzene rings is 1. The van der Waals surface area contributed by atoms with Gasteiger partial charge in [-0.05, 0) is 29.8 Å². The summed E-state index contributed by atoms with van der Waals surface area (Å²) in [7, 11) is 0. The number of pyridine rings is 1. The van der Waals surface area contributed by atoms with Gasteiger partial charge < -0.3 is 5.73 Å². The zero-order valence-electron chi connectivity index (χ0n) is 8.65. The van der Waals surface area contributed by atoms with Crippen molar-refractivity contribution in [3.8, 4) is 11.1 Å². The topological polar surface area (TPSA) is 56.0 Å². The quantitative estimate of drug-likeness (QED) is 0.891. The van der Waals surface area contributed by atoms with Gasteiger partial charge in [0, 0.05) is 23.0 Å². The number of halogens is 2. The number of amides is 1. The standard InChI is InChI=1S/C12H8ClFN2O/c13-10-2-7(3-11(14)4-10)8-1-9(12(15)17)6-16-5-8/h1-6H,(H2,15,17). The molecule has 2 N–H and O–H groups in total. The summed E-state index contributed by atoms with van der Waals surface area (Å²) in [5.41, 5.74) is 6.54. The van der Waals surface area contributed by atoms with Crippen LogP contribution in [0, 0.1) is 5.82 Å². The van der Waals surface area contributed by atoms with Gasteiger partial charge in [-0.1, -0.05) is 11.6 Å². The SMILES string of the molecule is NC(=O)c1cncc(-c2cc(F)cc(Cl)c2)c1. The van der Waals surface area contributed by atoms with E-state index in [9.17, 15) is 9.18 Å². The fourth-order valence-electron chi connectivity index (χ4n) is 1.45. The van der Waals surface area contributed by atoms with Crippen LogP contribution in [0.5, 0.6) is 0 Å². The molecule has 0 aliphatic heterocycles. The molecular formula is C12H8ClFN2O. The molecule has 0 fully saturated rings. The summed E-state index contributed by atoms with van der Waals surface area (Å²) in [6, 6.07) is 5.65. The monoisotopic (exact) mass is 250 g/mol. The first-order valence-electron chi connectivity index (χ1n) is 4.77. The van der Waals surface area contributed by atoms with Crippen LogP contribution in [0.15, 0.2) is 36.7 Å². The third-order valence-corrected chi connectivity index (χ3v) is 2.44. The molecule has 0 aliphatic rings. The lowest BCUT2D eigenvalue weighted by Crippen LogP contribution is -2.11. The van der Waals surface area contributed by atoms with Crippen molar-refractivity contribution in [1.29, 1.82) is 0 Å². The van der Waals surface area contributed by atoms with E-state index in [1.54, 1.807) is 12.1 Å². The molecule has 0 atom stereocenters. The maximum Gasteiger partial charge on any atom is 0.250 e. The summed E-state index contributed by atoms with van der Waals surface area (Å²) in [5.74, 6) is -1.03. The van der Waals surface area contributed by atoms with E-state index < -0.39 is 11.7 Å². The Morgan fingerprint density at radius 3 is 2.59 bits per heavy atom. The number of carbonyl (C=O) groups is 1. The number of aromatic nitrogens is 1. The molecule has 0 unspecified atom stereocenters. The van der Waals surface area contributed by atoms with Crippen LogP contribution in [0.4, 0.5) is 4.39 Å². The largest absolute Gasteiger partial charge is 0.366 e. The Balaban J connectivity index is 2.52. The predicted molar refractivity (Wildman–Crippen MR) is 63.2 cm³/mol. The zero-order chi connectivity index (χ0) is 12.4. The van der Waals surface area contributed by atoms with E-state index in [0.717, 1.165) is 0 Å². The molecule has 3 nitrogen and oxygen atoms in total. The minimum absolute atomic E-state index is 0.267. The van der Waals surface area contributed by atoms with E-state index in [1.807, 2.05) is 0 Å². The van der Waals surface area contributed by atoms with Gasteiger partial charge in [0.15, 0.2) is 0 Å². The molecule has 0 spiro atoms. The van der Waals surface area contributed by atoms with Gasteiger partial charge in [-0.2, -0.15) is 0 Å². The Hall–Kier alpha value is -1.94. The van der Waals surface area contributed by atoms with Crippen molar-refractivity contribution in [2.45, 2.75) is 0 Å². The second kappa shape index (κ2) is 4.51. The third-order valence-electron chi connectivity index (χ3n) is 2.22. The molecule has 0 aliphatic carbocycles. The maximum atomic E-state index is 13.2. The Bertz CT molecular complexity index is 566. The normalized spacial score (nSPS) is 10.2. The van der Waals surface area contributed by atoms with Gasteiger partial charge >= 0.3 is 0 Å². The van der Waals surface area contributed by atoms with Crippen molar-refractivity contribution in [2.75, 3.05) is 0 Å².